The molecule has 0 N–H and O–H groups in total. The third-order valence-electron chi connectivity index (χ3n) is 3.77. The van der Waals surface area contributed by atoms with Gasteiger partial charge in [0.15, 0.2) is 11.8 Å². The van der Waals surface area contributed by atoms with Crippen LogP contribution in [0.2, 0.25) is 0 Å². The van der Waals surface area contributed by atoms with Gasteiger partial charge in [-0.2, -0.15) is 0 Å². The number of carbonyl (C=O) groups is 2. The van der Waals surface area contributed by atoms with Gasteiger partial charge < -0.3 is 9.64 Å². The number of piperazine rings is 1. The Morgan fingerprint density at radius 2 is 1.77 bits per heavy atom. The predicted molar refractivity (Wildman–Crippen MR) is 81.3 cm³/mol. The molecule has 120 valence electrons. The van der Waals surface area contributed by atoms with E-state index in [4.69, 9.17) is 4.74 Å². The van der Waals surface area contributed by atoms with Crippen LogP contribution in [-0.4, -0.2) is 55.5 Å². The molecule has 0 aromatic heterocycles. The largest absolute Gasteiger partial charge is 0.464 e. The van der Waals surface area contributed by atoms with Gasteiger partial charge in [0, 0.05) is 31.9 Å². The molecule has 5 nitrogen and oxygen atoms in total. The molecule has 1 fully saturated rings. The van der Waals surface area contributed by atoms with Crippen LogP contribution in [0.1, 0.15) is 13.8 Å². The molecule has 1 unspecified atom stereocenters. The summed E-state index contributed by atoms with van der Waals surface area (Å²) in [5.41, 5.74) is 0.941. The summed E-state index contributed by atoms with van der Waals surface area (Å²) in [6.45, 7) is 5.91. The molecule has 1 heterocycles. The Kier molecular flexibility index (Phi) is 5.49. The molecule has 0 amide bonds. The SMILES string of the molecule is CCOC(=O)C(C(C)=O)N1CCN(c2ccc(F)cc2)CC1. The van der Waals surface area contributed by atoms with E-state index < -0.39 is 12.0 Å². The van der Waals surface area contributed by atoms with Gasteiger partial charge >= 0.3 is 5.97 Å². The number of benzene rings is 1. The Labute approximate surface area is 129 Å². The normalized spacial score (nSPS) is 17.1. The summed E-state index contributed by atoms with van der Waals surface area (Å²) in [5, 5.41) is 0. The quantitative estimate of drug-likeness (QED) is 0.609. The van der Waals surface area contributed by atoms with Crippen molar-refractivity contribution in [3.05, 3.63) is 30.1 Å². The van der Waals surface area contributed by atoms with Crippen LogP contribution in [0, 0.1) is 5.82 Å². The van der Waals surface area contributed by atoms with E-state index in [1.54, 1.807) is 19.1 Å². The molecule has 1 aromatic carbocycles. The van der Waals surface area contributed by atoms with Crippen molar-refractivity contribution in [3.63, 3.8) is 0 Å². The number of Topliss-reactive ketones (excluding diaryl/α,β-unsaturated/α-hetero) is 1. The molecule has 0 saturated carbocycles. The van der Waals surface area contributed by atoms with Crippen molar-refractivity contribution < 1.29 is 18.7 Å². The monoisotopic (exact) mass is 308 g/mol. The van der Waals surface area contributed by atoms with Gasteiger partial charge in [0.2, 0.25) is 0 Å². The van der Waals surface area contributed by atoms with Gasteiger partial charge in [-0.15, -0.1) is 0 Å². The molecule has 0 bridgehead atoms. The van der Waals surface area contributed by atoms with Gasteiger partial charge in [0.25, 0.3) is 0 Å². The molecule has 22 heavy (non-hydrogen) atoms. The van der Waals surface area contributed by atoms with E-state index in [1.165, 1.54) is 19.1 Å². The second-order valence-electron chi connectivity index (χ2n) is 5.26. The van der Waals surface area contributed by atoms with Crippen molar-refractivity contribution >= 4 is 17.4 Å². The first-order valence-electron chi connectivity index (χ1n) is 7.44. The second kappa shape index (κ2) is 7.35. The first-order valence-corrected chi connectivity index (χ1v) is 7.44. The van der Waals surface area contributed by atoms with Crippen molar-refractivity contribution in [1.82, 2.24) is 4.90 Å². The van der Waals surface area contributed by atoms with Crippen LogP contribution < -0.4 is 4.90 Å². The van der Waals surface area contributed by atoms with Gasteiger partial charge in [-0.3, -0.25) is 9.69 Å². The van der Waals surface area contributed by atoms with E-state index in [0.717, 1.165) is 5.69 Å². The highest BCUT2D eigenvalue weighted by Crippen LogP contribution is 2.18. The smallest absolute Gasteiger partial charge is 0.331 e. The lowest BCUT2D eigenvalue weighted by Crippen LogP contribution is -2.55. The molecule has 1 atom stereocenters. The van der Waals surface area contributed by atoms with Crippen molar-refractivity contribution in [2.45, 2.75) is 19.9 Å². The molecule has 1 aromatic rings. The number of hydrogen-bond donors (Lipinski definition) is 0. The van der Waals surface area contributed by atoms with Crippen LogP contribution in [0.3, 0.4) is 0 Å². The molecule has 0 spiro atoms. The zero-order chi connectivity index (χ0) is 16.1. The van der Waals surface area contributed by atoms with Crippen molar-refractivity contribution in [3.8, 4) is 0 Å². The summed E-state index contributed by atoms with van der Waals surface area (Å²) >= 11 is 0. The number of carbonyl (C=O) groups excluding carboxylic acids is 2. The van der Waals surface area contributed by atoms with Crippen molar-refractivity contribution in [2.24, 2.45) is 0 Å². The summed E-state index contributed by atoms with van der Waals surface area (Å²) in [5.74, 6) is -0.944. The summed E-state index contributed by atoms with van der Waals surface area (Å²) in [7, 11) is 0. The molecular formula is C16H21FN2O3. The van der Waals surface area contributed by atoms with Crippen LogP contribution in [0.5, 0.6) is 0 Å². The summed E-state index contributed by atoms with van der Waals surface area (Å²) < 4.78 is 17.9. The van der Waals surface area contributed by atoms with Gasteiger partial charge in [0.05, 0.1) is 6.61 Å². The maximum Gasteiger partial charge on any atom is 0.331 e. The van der Waals surface area contributed by atoms with Crippen LogP contribution in [0.15, 0.2) is 24.3 Å². The highest BCUT2D eigenvalue weighted by atomic mass is 19.1. The van der Waals surface area contributed by atoms with Crippen LogP contribution in [0.25, 0.3) is 0 Å². The highest BCUT2D eigenvalue weighted by molar-refractivity contribution is 6.01. The molecule has 2 rings (SSSR count). The number of rotatable bonds is 5. The van der Waals surface area contributed by atoms with Crippen LogP contribution in [-0.2, 0) is 14.3 Å². The Hall–Kier alpha value is -1.95. The predicted octanol–water partition coefficient (Wildman–Crippen LogP) is 1.47. The number of ketones is 1. The molecular weight excluding hydrogens is 287 g/mol. The fourth-order valence-corrected chi connectivity index (χ4v) is 2.68. The number of halogens is 1. The lowest BCUT2D eigenvalue weighted by Gasteiger charge is -2.38. The number of esters is 1. The third kappa shape index (κ3) is 3.82. The number of ether oxygens (including phenoxy) is 1. The summed E-state index contributed by atoms with van der Waals surface area (Å²) in [4.78, 5) is 27.6. The minimum Gasteiger partial charge on any atom is -0.464 e. The summed E-state index contributed by atoms with van der Waals surface area (Å²) in [6, 6.07) is 5.50. The van der Waals surface area contributed by atoms with E-state index in [1.807, 2.05) is 4.90 Å². The number of anilines is 1. The zero-order valence-electron chi connectivity index (χ0n) is 12.9. The lowest BCUT2D eigenvalue weighted by molar-refractivity contribution is -0.153. The van der Waals surface area contributed by atoms with Crippen LogP contribution >= 0.6 is 0 Å². The minimum atomic E-state index is -0.824. The maximum absolute atomic E-state index is 13.0. The Balaban J connectivity index is 1.99. The van der Waals surface area contributed by atoms with Gasteiger partial charge in [0.1, 0.15) is 5.82 Å². The Morgan fingerprint density at radius 1 is 1.18 bits per heavy atom. The van der Waals surface area contributed by atoms with E-state index in [0.29, 0.717) is 26.2 Å². The Bertz CT molecular complexity index is 525. The van der Waals surface area contributed by atoms with E-state index in [-0.39, 0.29) is 18.2 Å². The Morgan fingerprint density at radius 3 is 2.27 bits per heavy atom. The van der Waals surface area contributed by atoms with Gasteiger partial charge in [-0.1, -0.05) is 0 Å². The second-order valence-corrected chi connectivity index (χ2v) is 5.26. The number of hydrogen-bond acceptors (Lipinski definition) is 5. The fourth-order valence-electron chi connectivity index (χ4n) is 2.68. The van der Waals surface area contributed by atoms with E-state index in [2.05, 4.69) is 4.90 Å². The summed E-state index contributed by atoms with van der Waals surface area (Å²) in [6.07, 6.45) is 0. The topological polar surface area (TPSA) is 49.9 Å². The molecule has 1 aliphatic heterocycles. The highest BCUT2D eigenvalue weighted by Gasteiger charge is 2.33. The third-order valence-corrected chi connectivity index (χ3v) is 3.77. The molecule has 0 radical (unpaired) electrons. The molecule has 1 saturated heterocycles. The average molecular weight is 308 g/mol. The lowest BCUT2D eigenvalue weighted by atomic mass is 10.1. The first-order chi connectivity index (χ1) is 10.5. The van der Waals surface area contributed by atoms with Gasteiger partial charge in [-0.25, -0.2) is 9.18 Å². The molecule has 1 aliphatic rings. The van der Waals surface area contributed by atoms with Crippen molar-refractivity contribution in [1.29, 1.82) is 0 Å². The minimum absolute atomic E-state index is 0.200. The molecule has 0 aliphatic carbocycles. The first kappa shape index (κ1) is 16.4. The van der Waals surface area contributed by atoms with Crippen LogP contribution in [0.4, 0.5) is 10.1 Å². The number of nitrogens with zero attached hydrogens (tertiary/aromatic N) is 2. The fraction of sp³-hybridized carbons (Fsp3) is 0.500. The van der Waals surface area contributed by atoms with Gasteiger partial charge in [-0.05, 0) is 38.1 Å². The maximum atomic E-state index is 13.0. The zero-order valence-corrected chi connectivity index (χ0v) is 12.9. The molecule has 6 heteroatoms. The van der Waals surface area contributed by atoms with Crippen molar-refractivity contribution in [2.75, 3.05) is 37.7 Å². The van der Waals surface area contributed by atoms with E-state index >= 15 is 0 Å². The average Bonchev–Trinajstić information content (AvgIpc) is 2.49. The standard InChI is InChI=1S/C16H21FN2O3/c1-3-22-16(21)15(12(2)20)19-10-8-18(9-11-19)14-6-4-13(17)5-7-14/h4-7,15H,3,8-11H2,1-2H3. The van der Waals surface area contributed by atoms with E-state index in [9.17, 15) is 14.0 Å².